The van der Waals surface area contributed by atoms with Crippen molar-refractivity contribution in [2.24, 2.45) is 0 Å². The lowest BCUT2D eigenvalue weighted by Gasteiger charge is -2.12. The number of carbonyl (C=O) groups is 3. The first kappa shape index (κ1) is 15.7. The van der Waals surface area contributed by atoms with E-state index in [1.807, 2.05) is 0 Å². The molecule has 0 aliphatic heterocycles. The molecule has 0 spiro atoms. The lowest BCUT2D eigenvalue weighted by molar-refractivity contribution is -0.141. The first-order chi connectivity index (χ1) is 9.52. The van der Waals surface area contributed by atoms with Crippen molar-refractivity contribution in [2.45, 2.75) is 25.8 Å². The summed E-state index contributed by atoms with van der Waals surface area (Å²) in [5.74, 6) is -0.806. The van der Waals surface area contributed by atoms with Gasteiger partial charge in [0.15, 0.2) is 5.76 Å². The normalized spacial score (nSPS) is 11.5. The molecule has 1 rings (SSSR count). The van der Waals surface area contributed by atoms with Crippen LogP contribution >= 0.6 is 0 Å². The molecule has 0 aliphatic carbocycles. The summed E-state index contributed by atoms with van der Waals surface area (Å²) in [4.78, 5) is 34.0. The smallest absolute Gasteiger partial charge is 0.307 e. The number of hydrogen-bond donors (Lipinski definition) is 2. The van der Waals surface area contributed by atoms with Gasteiger partial charge >= 0.3 is 5.97 Å². The fraction of sp³-hybridized carbons (Fsp3) is 0.462. The Hall–Kier alpha value is -2.31. The van der Waals surface area contributed by atoms with Crippen molar-refractivity contribution in [3.8, 4) is 0 Å². The van der Waals surface area contributed by atoms with Gasteiger partial charge in [-0.3, -0.25) is 14.4 Å². The van der Waals surface area contributed by atoms with Gasteiger partial charge in [-0.2, -0.15) is 0 Å². The Kier molecular flexibility index (Phi) is 6.28. The summed E-state index contributed by atoms with van der Waals surface area (Å²) in [6.45, 7) is 1.90. The van der Waals surface area contributed by atoms with Crippen LogP contribution in [0.3, 0.4) is 0 Å². The molecule has 7 heteroatoms. The highest BCUT2D eigenvalue weighted by atomic mass is 16.5. The topological polar surface area (TPSA) is 97.6 Å². The van der Waals surface area contributed by atoms with E-state index in [0.717, 1.165) is 0 Å². The van der Waals surface area contributed by atoms with Crippen molar-refractivity contribution in [1.29, 1.82) is 0 Å². The molecule has 0 radical (unpaired) electrons. The van der Waals surface area contributed by atoms with Gasteiger partial charge in [-0.05, 0) is 19.1 Å². The number of amides is 2. The predicted octanol–water partition coefficient (Wildman–Crippen LogP) is 0.467. The van der Waals surface area contributed by atoms with E-state index in [0.29, 0.717) is 0 Å². The zero-order valence-corrected chi connectivity index (χ0v) is 11.5. The third-order valence-corrected chi connectivity index (χ3v) is 2.49. The molecule has 1 atom stereocenters. The summed E-state index contributed by atoms with van der Waals surface area (Å²) in [5, 5.41) is 5.20. The molecule has 1 aromatic rings. The van der Waals surface area contributed by atoms with Crippen LogP contribution < -0.4 is 10.6 Å². The van der Waals surface area contributed by atoms with Crippen LogP contribution in [0.15, 0.2) is 22.8 Å². The van der Waals surface area contributed by atoms with Gasteiger partial charge in [0.2, 0.25) is 5.91 Å². The maximum atomic E-state index is 11.6. The molecule has 0 bridgehead atoms. The summed E-state index contributed by atoms with van der Waals surface area (Å²) in [6, 6.07) is 2.83. The van der Waals surface area contributed by atoms with Crippen molar-refractivity contribution in [1.82, 2.24) is 10.6 Å². The Morgan fingerprint density at radius 3 is 2.75 bits per heavy atom. The lowest BCUT2D eigenvalue weighted by Crippen LogP contribution is -2.36. The Balaban J connectivity index is 2.20. The predicted molar refractivity (Wildman–Crippen MR) is 69.9 cm³/mol. The first-order valence-electron chi connectivity index (χ1n) is 6.20. The van der Waals surface area contributed by atoms with Gasteiger partial charge in [0.25, 0.3) is 5.91 Å². The van der Waals surface area contributed by atoms with Crippen LogP contribution in [0.4, 0.5) is 0 Å². The minimum Gasteiger partial charge on any atom is -0.469 e. The van der Waals surface area contributed by atoms with E-state index in [1.54, 1.807) is 13.0 Å². The van der Waals surface area contributed by atoms with E-state index in [9.17, 15) is 14.4 Å². The van der Waals surface area contributed by atoms with Gasteiger partial charge in [0.1, 0.15) is 0 Å². The van der Waals surface area contributed by atoms with E-state index >= 15 is 0 Å². The van der Waals surface area contributed by atoms with Gasteiger partial charge < -0.3 is 19.8 Å². The highest BCUT2D eigenvalue weighted by Crippen LogP contribution is 1.99. The Morgan fingerprint density at radius 1 is 1.40 bits per heavy atom. The summed E-state index contributed by atoms with van der Waals surface area (Å²) in [6.07, 6.45) is 1.63. The number of nitrogens with one attached hydrogen (secondary N) is 2. The molecule has 0 aliphatic rings. The average Bonchev–Trinajstić information content (AvgIpc) is 2.92. The largest absolute Gasteiger partial charge is 0.469 e. The Morgan fingerprint density at radius 2 is 2.15 bits per heavy atom. The summed E-state index contributed by atoms with van der Waals surface area (Å²) in [5.41, 5.74) is 0. The molecule has 2 amide bonds. The number of carbonyl (C=O) groups excluding carboxylic acids is 3. The van der Waals surface area contributed by atoms with Crippen LogP contribution in [-0.2, 0) is 14.3 Å². The van der Waals surface area contributed by atoms with Crippen molar-refractivity contribution in [2.75, 3.05) is 13.7 Å². The SMILES string of the molecule is COC(=O)CC(C)NC(=O)CCNC(=O)c1ccco1. The van der Waals surface area contributed by atoms with E-state index in [4.69, 9.17) is 4.42 Å². The average molecular weight is 282 g/mol. The van der Waals surface area contributed by atoms with Gasteiger partial charge in [0.05, 0.1) is 19.8 Å². The second kappa shape index (κ2) is 7.98. The molecule has 110 valence electrons. The molecule has 20 heavy (non-hydrogen) atoms. The summed E-state index contributed by atoms with van der Waals surface area (Å²) < 4.78 is 9.41. The van der Waals surface area contributed by atoms with E-state index in [1.165, 1.54) is 19.4 Å². The Labute approximate surface area is 116 Å². The van der Waals surface area contributed by atoms with Gasteiger partial charge in [-0.15, -0.1) is 0 Å². The van der Waals surface area contributed by atoms with Crippen molar-refractivity contribution in [3.05, 3.63) is 24.2 Å². The third-order valence-electron chi connectivity index (χ3n) is 2.49. The van der Waals surface area contributed by atoms with Crippen LogP contribution in [0.25, 0.3) is 0 Å². The molecule has 1 unspecified atom stereocenters. The highest BCUT2D eigenvalue weighted by molar-refractivity contribution is 5.91. The summed E-state index contributed by atoms with van der Waals surface area (Å²) >= 11 is 0. The van der Waals surface area contributed by atoms with Crippen LogP contribution in [0.2, 0.25) is 0 Å². The van der Waals surface area contributed by atoms with Gasteiger partial charge in [-0.1, -0.05) is 0 Å². The van der Waals surface area contributed by atoms with E-state index in [2.05, 4.69) is 15.4 Å². The molecular weight excluding hydrogens is 264 g/mol. The van der Waals surface area contributed by atoms with Crippen LogP contribution in [0.5, 0.6) is 0 Å². The van der Waals surface area contributed by atoms with Crippen LogP contribution in [0.1, 0.15) is 30.3 Å². The maximum Gasteiger partial charge on any atom is 0.307 e. The molecule has 0 saturated carbocycles. The van der Waals surface area contributed by atoms with Crippen molar-refractivity contribution >= 4 is 17.8 Å². The molecule has 1 heterocycles. The molecule has 0 fully saturated rings. The maximum absolute atomic E-state index is 11.6. The van der Waals surface area contributed by atoms with Gasteiger partial charge in [0, 0.05) is 19.0 Å². The minimum absolute atomic E-state index is 0.112. The number of hydrogen-bond acceptors (Lipinski definition) is 5. The molecule has 0 aromatic carbocycles. The number of rotatable bonds is 7. The summed E-state index contributed by atoms with van der Waals surface area (Å²) in [7, 11) is 1.29. The zero-order valence-electron chi connectivity index (χ0n) is 11.5. The van der Waals surface area contributed by atoms with Crippen molar-refractivity contribution in [3.63, 3.8) is 0 Å². The second-order valence-electron chi connectivity index (χ2n) is 4.23. The molecule has 2 N–H and O–H groups in total. The second-order valence-corrected chi connectivity index (χ2v) is 4.23. The zero-order chi connectivity index (χ0) is 15.0. The fourth-order valence-corrected chi connectivity index (χ4v) is 1.52. The lowest BCUT2D eigenvalue weighted by atomic mass is 10.2. The number of methoxy groups -OCH3 is 1. The highest BCUT2D eigenvalue weighted by Gasteiger charge is 2.13. The molecule has 0 saturated heterocycles. The molecular formula is C13H18N2O5. The van der Waals surface area contributed by atoms with Crippen LogP contribution in [-0.4, -0.2) is 37.5 Å². The van der Waals surface area contributed by atoms with E-state index < -0.39 is 0 Å². The standard InChI is InChI=1S/C13H18N2O5/c1-9(8-12(17)19-2)15-11(16)5-6-14-13(18)10-4-3-7-20-10/h3-4,7,9H,5-6,8H2,1-2H3,(H,14,18)(H,15,16). The first-order valence-corrected chi connectivity index (χ1v) is 6.20. The third kappa shape index (κ3) is 5.55. The molecule has 1 aromatic heterocycles. The van der Waals surface area contributed by atoms with Crippen LogP contribution in [0, 0.1) is 0 Å². The monoisotopic (exact) mass is 282 g/mol. The number of ether oxygens (including phenoxy) is 1. The Bertz CT molecular complexity index is 455. The molecule has 7 nitrogen and oxygen atoms in total. The van der Waals surface area contributed by atoms with Crippen molar-refractivity contribution < 1.29 is 23.5 Å². The van der Waals surface area contributed by atoms with E-state index in [-0.39, 0.29) is 49.0 Å². The number of furan rings is 1. The quantitative estimate of drug-likeness (QED) is 0.708. The fourth-order valence-electron chi connectivity index (χ4n) is 1.52. The minimum atomic E-state index is -0.385. The van der Waals surface area contributed by atoms with Gasteiger partial charge in [-0.25, -0.2) is 0 Å². The number of esters is 1.